The molecule has 1 fully saturated rings. The first kappa shape index (κ1) is 14.6. The van der Waals surface area contributed by atoms with E-state index in [2.05, 4.69) is 0 Å². The Morgan fingerprint density at radius 1 is 1.30 bits per heavy atom. The summed E-state index contributed by atoms with van der Waals surface area (Å²) >= 11 is 0. The minimum atomic E-state index is -0.345. The first-order chi connectivity index (χ1) is 9.42. The normalized spacial score (nSPS) is 18.5. The van der Waals surface area contributed by atoms with E-state index in [0.29, 0.717) is 18.8 Å². The van der Waals surface area contributed by atoms with Crippen LogP contribution in [0, 0.1) is 26.7 Å². The van der Waals surface area contributed by atoms with Gasteiger partial charge in [0.05, 0.1) is 5.92 Å². The fraction of sp³-hybridized carbons (Fsp3) is 0.500. The molecular formula is C16H21NO3. The van der Waals surface area contributed by atoms with Gasteiger partial charge in [-0.2, -0.15) is 0 Å². The van der Waals surface area contributed by atoms with Crippen LogP contribution in [0.4, 0.5) is 0 Å². The molecule has 1 unspecified atom stereocenters. The minimum absolute atomic E-state index is 0.0341. The molecule has 1 saturated heterocycles. The SMILES string of the molecule is CCN1CC(C(=O)Oc2c(C)cc(C)cc2C)CC1=O. The van der Waals surface area contributed by atoms with Gasteiger partial charge in [0.1, 0.15) is 5.75 Å². The first-order valence-electron chi connectivity index (χ1n) is 6.99. The Balaban J connectivity index is 2.12. The maximum absolute atomic E-state index is 12.2. The molecule has 1 aromatic rings. The topological polar surface area (TPSA) is 46.6 Å². The second-order valence-electron chi connectivity index (χ2n) is 5.48. The highest BCUT2D eigenvalue weighted by molar-refractivity contribution is 5.87. The molecule has 0 aromatic heterocycles. The summed E-state index contributed by atoms with van der Waals surface area (Å²) < 4.78 is 5.54. The van der Waals surface area contributed by atoms with Crippen LogP contribution in [-0.2, 0) is 9.59 Å². The van der Waals surface area contributed by atoms with Crippen LogP contribution in [0.2, 0.25) is 0 Å². The van der Waals surface area contributed by atoms with Gasteiger partial charge in [0.15, 0.2) is 0 Å². The van der Waals surface area contributed by atoms with Gasteiger partial charge in [-0.05, 0) is 38.8 Å². The molecule has 0 N–H and O–H groups in total. The standard InChI is InChI=1S/C16H21NO3/c1-5-17-9-13(8-14(17)18)16(19)20-15-11(3)6-10(2)7-12(15)4/h6-7,13H,5,8-9H2,1-4H3. The van der Waals surface area contributed by atoms with E-state index in [1.54, 1.807) is 4.90 Å². The molecule has 2 rings (SSSR count). The second-order valence-corrected chi connectivity index (χ2v) is 5.48. The Morgan fingerprint density at radius 2 is 1.90 bits per heavy atom. The number of rotatable bonds is 3. The number of aryl methyl sites for hydroxylation is 3. The number of nitrogens with zero attached hydrogens (tertiary/aromatic N) is 1. The van der Waals surface area contributed by atoms with Gasteiger partial charge in [0.2, 0.25) is 5.91 Å². The van der Waals surface area contributed by atoms with Crippen molar-refractivity contribution in [2.75, 3.05) is 13.1 Å². The van der Waals surface area contributed by atoms with Crippen molar-refractivity contribution in [2.24, 2.45) is 5.92 Å². The molecule has 1 aromatic carbocycles. The van der Waals surface area contributed by atoms with Crippen molar-refractivity contribution in [3.8, 4) is 5.75 Å². The average Bonchev–Trinajstić information content (AvgIpc) is 2.75. The van der Waals surface area contributed by atoms with Gasteiger partial charge in [-0.1, -0.05) is 17.7 Å². The number of amides is 1. The fourth-order valence-electron chi connectivity index (χ4n) is 2.75. The van der Waals surface area contributed by atoms with E-state index in [1.807, 2.05) is 39.8 Å². The third-order valence-corrected chi connectivity index (χ3v) is 3.74. The van der Waals surface area contributed by atoms with Crippen molar-refractivity contribution in [1.82, 2.24) is 4.90 Å². The summed E-state index contributed by atoms with van der Waals surface area (Å²) in [4.78, 5) is 25.6. The predicted molar refractivity (Wildman–Crippen MR) is 76.6 cm³/mol. The molecule has 0 bridgehead atoms. The van der Waals surface area contributed by atoms with Gasteiger partial charge >= 0.3 is 5.97 Å². The van der Waals surface area contributed by atoms with Crippen LogP contribution in [0.5, 0.6) is 5.75 Å². The number of esters is 1. The van der Waals surface area contributed by atoms with Gasteiger partial charge in [-0.25, -0.2) is 0 Å². The van der Waals surface area contributed by atoms with Gasteiger partial charge in [-0.3, -0.25) is 9.59 Å². The highest BCUT2D eigenvalue weighted by Gasteiger charge is 2.35. The molecule has 4 nitrogen and oxygen atoms in total. The molecular weight excluding hydrogens is 254 g/mol. The summed E-state index contributed by atoms with van der Waals surface area (Å²) in [6, 6.07) is 3.99. The monoisotopic (exact) mass is 275 g/mol. The predicted octanol–water partition coefficient (Wildman–Crippen LogP) is 2.39. The molecule has 4 heteroatoms. The molecule has 0 saturated carbocycles. The van der Waals surface area contributed by atoms with E-state index in [9.17, 15) is 9.59 Å². The highest BCUT2D eigenvalue weighted by atomic mass is 16.5. The number of likely N-dealkylation sites (tertiary alicyclic amines) is 1. The van der Waals surface area contributed by atoms with Crippen molar-refractivity contribution in [2.45, 2.75) is 34.1 Å². The molecule has 0 aliphatic carbocycles. The van der Waals surface area contributed by atoms with Crippen LogP contribution in [0.1, 0.15) is 30.0 Å². The number of hydrogen-bond acceptors (Lipinski definition) is 3. The number of ether oxygens (including phenoxy) is 1. The molecule has 1 heterocycles. The van der Waals surface area contributed by atoms with Crippen molar-refractivity contribution >= 4 is 11.9 Å². The minimum Gasteiger partial charge on any atom is -0.426 e. The van der Waals surface area contributed by atoms with Gasteiger partial charge in [0.25, 0.3) is 0 Å². The Hall–Kier alpha value is -1.84. The zero-order chi connectivity index (χ0) is 14.9. The van der Waals surface area contributed by atoms with E-state index in [4.69, 9.17) is 4.74 Å². The zero-order valence-electron chi connectivity index (χ0n) is 12.5. The van der Waals surface area contributed by atoms with E-state index < -0.39 is 0 Å². The molecule has 108 valence electrons. The molecule has 1 aliphatic rings. The number of benzene rings is 1. The van der Waals surface area contributed by atoms with Crippen molar-refractivity contribution in [3.05, 3.63) is 28.8 Å². The quantitative estimate of drug-likeness (QED) is 0.628. The summed E-state index contributed by atoms with van der Waals surface area (Å²) in [7, 11) is 0. The van der Waals surface area contributed by atoms with Crippen molar-refractivity contribution in [1.29, 1.82) is 0 Å². The summed E-state index contributed by atoms with van der Waals surface area (Å²) in [5, 5.41) is 0. The molecule has 0 spiro atoms. The van der Waals surface area contributed by atoms with Crippen LogP contribution in [0.3, 0.4) is 0 Å². The van der Waals surface area contributed by atoms with E-state index in [1.165, 1.54) is 0 Å². The third kappa shape index (κ3) is 2.84. The van der Waals surface area contributed by atoms with Gasteiger partial charge in [-0.15, -0.1) is 0 Å². The smallest absolute Gasteiger partial charge is 0.316 e. The Bertz CT molecular complexity index is 528. The summed E-state index contributed by atoms with van der Waals surface area (Å²) in [5.41, 5.74) is 3.05. The Morgan fingerprint density at radius 3 is 2.40 bits per heavy atom. The first-order valence-corrected chi connectivity index (χ1v) is 6.99. The van der Waals surface area contributed by atoms with E-state index >= 15 is 0 Å². The number of carbonyl (C=O) groups excluding carboxylic acids is 2. The van der Waals surface area contributed by atoms with Crippen LogP contribution < -0.4 is 4.74 Å². The molecule has 20 heavy (non-hydrogen) atoms. The summed E-state index contributed by atoms with van der Waals surface area (Å²) in [6.07, 6.45) is 0.261. The number of hydrogen-bond donors (Lipinski definition) is 0. The lowest BCUT2D eigenvalue weighted by atomic mass is 10.1. The lowest BCUT2D eigenvalue weighted by molar-refractivity contribution is -0.139. The fourth-order valence-corrected chi connectivity index (χ4v) is 2.75. The Labute approximate surface area is 119 Å². The van der Waals surface area contributed by atoms with Crippen molar-refractivity contribution < 1.29 is 14.3 Å². The molecule has 1 amide bonds. The van der Waals surface area contributed by atoms with E-state index in [0.717, 1.165) is 16.7 Å². The van der Waals surface area contributed by atoms with Gasteiger partial charge in [0, 0.05) is 19.5 Å². The zero-order valence-corrected chi connectivity index (χ0v) is 12.5. The van der Waals surface area contributed by atoms with Crippen LogP contribution in [0.15, 0.2) is 12.1 Å². The van der Waals surface area contributed by atoms with Gasteiger partial charge < -0.3 is 9.64 Å². The maximum Gasteiger partial charge on any atom is 0.316 e. The summed E-state index contributed by atoms with van der Waals surface area (Å²) in [6.45, 7) is 8.91. The van der Waals surface area contributed by atoms with E-state index in [-0.39, 0.29) is 24.2 Å². The van der Waals surface area contributed by atoms with Crippen molar-refractivity contribution in [3.63, 3.8) is 0 Å². The number of carbonyl (C=O) groups is 2. The van der Waals surface area contributed by atoms with Crippen LogP contribution in [0.25, 0.3) is 0 Å². The lowest BCUT2D eigenvalue weighted by Crippen LogP contribution is -2.27. The largest absolute Gasteiger partial charge is 0.426 e. The van der Waals surface area contributed by atoms with Crippen LogP contribution in [-0.4, -0.2) is 29.9 Å². The lowest BCUT2D eigenvalue weighted by Gasteiger charge is -2.15. The molecule has 0 radical (unpaired) electrons. The molecule has 1 atom stereocenters. The third-order valence-electron chi connectivity index (χ3n) is 3.74. The van der Waals surface area contributed by atoms with Crippen LogP contribution >= 0.6 is 0 Å². The second kappa shape index (κ2) is 5.65. The highest BCUT2D eigenvalue weighted by Crippen LogP contribution is 2.27. The maximum atomic E-state index is 12.2. The molecule has 1 aliphatic heterocycles. The average molecular weight is 275 g/mol. The Kier molecular flexibility index (Phi) is 4.12. The summed E-state index contributed by atoms with van der Waals surface area (Å²) in [5.74, 6) is 0.0155.